The van der Waals surface area contributed by atoms with Gasteiger partial charge in [-0.2, -0.15) is 5.26 Å². The number of hydrogen-bond donors (Lipinski definition) is 1. The minimum atomic E-state index is -0.204. The highest BCUT2D eigenvalue weighted by atomic mass is 16.5. The summed E-state index contributed by atoms with van der Waals surface area (Å²) in [6, 6.07) is 9.70. The standard InChI is InChI=1S/C13H16N2O2/c1-16-12-4-2-3-11(7-12)15-13(8-14)10-5-6-17-9-10/h2-4,7,10,13,15H,5-6,9H2,1H3. The second-order valence-electron chi connectivity index (χ2n) is 4.11. The van der Waals surface area contributed by atoms with Gasteiger partial charge < -0.3 is 14.8 Å². The van der Waals surface area contributed by atoms with Crippen molar-refractivity contribution in [1.29, 1.82) is 5.26 Å². The topological polar surface area (TPSA) is 54.3 Å². The number of ether oxygens (including phenoxy) is 2. The van der Waals surface area contributed by atoms with Crippen molar-refractivity contribution in [3.8, 4) is 11.8 Å². The van der Waals surface area contributed by atoms with E-state index in [1.807, 2.05) is 24.3 Å². The molecule has 0 amide bonds. The molecule has 1 aromatic carbocycles. The van der Waals surface area contributed by atoms with E-state index in [9.17, 15) is 5.26 Å². The molecule has 1 aromatic rings. The van der Waals surface area contributed by atoms with Crippen molar-refractivity contribution in [2.45, 2.75) is 12.5 Å². The molecule has 1 N–H and O–H groups in total. The van der Waals surface area contributed by atoms with Crippen LogP contribution in [0.15, 0.2) is 24.3 Å². The van der Waals surface area contributed by atoms with E-state index < -0.39 is 0 Å². The summed E-state index contributed by atoms with van der Waals surface area (Å²) in [4.78, 5) is 0. The van der Waals surface area contributed by atoms with Gasteiger partial charge in [0.25, 0.3) is 0 Å². The van der Waals surface area contributed by atoms with Gasteiger partial charge in [-0.15, -0.1) is 0 Å². The Bertz CT molecular complexity index is 408. The summed E-state index contributed by atoms with van der Waals surface area (Å²) in [5.41, 5.74) is 0.905. The zero-order valence-corrected chi connectivity index (χ0v) is 9.85. The van der Waals surface area contributed by atoms with Crippen LogP contribution in [-0.4, -0.2) is 26.4 Å². The average molecular weight is 232 g/mol. The van der Waals surface area contributed by atoms with Crippen LogP contribution in [-0.2, 0) is 4.74 Å². The Balaban J connectivity index is 2.04. The highest BCUT2D eigenvalue weighted by molar-refractivity contribution is 5.50. The normalized spacial score (nSPS) is 20.6. The van der Waals surface area contributed by atoms with Gasteiger partial charge in [0.15, 0.2) is 0 Å². The van der Waals surface area contributed by atoms with E-state index in [-0.39, 0.29) is 12.0 Å². The fraction of sp³-hybridized carbons (Fsp3) is 0.462. The summed E-state index contributed by atoms with van der Waals surface area (Å²) >= 11 is 0. The first kappa shape index (κ1) is 11.7. The zero-order chi connectivity index (χ0) is 12.1. The highest BCUT2D eigenvalue weighted by Gasteiger charge is 2.25. The van der Waals surface area contributed by atoms with E-state index in [0.29, 0.717) is 6.61 Å². The molecule has 0 spiro atoms. The first-order valence-corrected chi connectivity index (χ1v) is 5.71. The first-order valence-electron chi connectivity index (χ1n) is 5.71. The summed E-state index contributed by atoms with van der Waals surface area (Å²) in [6.07, 6.45) is 0.940. The maximum absolute atomic E-state index is 9.17. The molecule has 0 aliphatic carbocycles. The molecule has 2 atom stereocenters. The van der Waals surface area contributed by atoms with Gasteiger partial charge in [-0.05, 0) is 18.6 Å². The zero-order valence-electron chi connectivity index (χ0n) is 9.85. The monoisotopic (exact) mass is 232 g/mol. The van der Waals surface area contributed by atoms with Crippen LogP contribution in [0.25, 0.3) is 0 Å². The third-order valence-electron chi connectivity index (χ3n) is 2.97. The molecule has 1 aliphatic rings. The molecule has 2 rings (SSSR count). The minimum Gasteiger partial charge on any atom is -0.497 e. The maximum atomic E-state index is 9.17. The van der Waals surface area contributed by atoms with E-state index in [1.165, 1.54) is 0 Å². The van der Waals surface area contributed by atoms with Gasteiger partial charge in [-0.3, -0.25) is 0 Å². The predicted octanol–water partition coefficient (Wildman–Crippen LogP) is 2.04. The SMILES string of the molecule is COc1cccc(NC(C#N)C2CCOC2)c1. The van der Waals surface area contributed by atoms with Crippen LogP contribution in [0.2, 0.25) is 0 Å². The van der Waals surface area contributed by atoms with Crippen molar-refractivity contribution in [3.63, 3.8) is 0 Å². The van der Waals surface area contributed by atoms with Crippen molar-refractivity contribution in [2.75, 3.05) is 25.6 Å². The number of rotatable bonds is 4. The van der Waals surface area contributed by atoms with E-state index in [2.05, 4.69) is 11.4 Å². The molecular formula is C13H16N2O2. The largest absolute Gasteiger partial charge is 0.497 e. The Morgan fingerprint density at radius 2 is 2.47 bits per heavy atom. The number of hydrogen-bond acceptors (Lipinski definition) is 4. The van der Waals surface area contributed by atoms with Gasteiger partial charge in [0.1, 0.15) is 11.8 Å². The molecule has 1 aliphatic heterocycles. The number of nitrogens with one attached hydrogen (secondary N) is 1. The van der Waals surface area contributed by atoms with Crippen LogP contribution in [0.5, 0.6) is 5.75 Å². The lowest BCUT2D eigenvalue weighted by Crippen LogP contribution is -2.27. The van der Waals surface area contributed by atoms with Gasteiger partial charge >= 0.3 is 0 Å². The van der Waals surface area contributed by atoms with Crippen LogP contribution < -0.4 is 10.1 Å². The second kappa shape index (κ2) is 5.55. The molecule has 0 radical (unpaired) electrons. The van der Waals surface area contributed by atoms with E-state index >= 15 is 0 Å². The van der Waals surface area contributed by atoms with Crippen LogP contribution in [0.1, 0.15) is 6.42 Å². The maximum Gasteiger partial charge on any atom is 0.120 e. The summed E-state index contributed by atoms with van der Waals surface area (Å²) < 4.78 is 10.5. The molecule has 4 heteroatoms. The molecule has 0 bridgehead atoms. The molecule has 4 nitrogen and oxygen atoms in total. The molecule has 90 valence electrons. The minimum absolute atomic E-state index is 0.204. The van der Waals surface area contributed by atoms with E-state index in [1.54, 1.807) is 7.11 Å². The summed E-state index contributed by atoms with van der Waals surface area (Å²) in [6.45, 7) is 1.41. The fourth-order valence-corrected chi connectivity index (χ4v) is 1.96. The fourth-order valence-electron chi connectivity index (χ4n) is 1.96. The van der Waals surface area contributed by atoms with E-state index in [4.69, 9.17) is 9.47 Å². The smallest absolute Gasteiger partial charge is 0.120 e. The Morgan fingerprint density at radius 3 is 3.12 bits per heavy atom. The van der Waals surface area contributed by atoms with E-state index in [0.717, 1.165) is 24.5 Å². The lowest BCUT2D eigenvalue weighted by molar-refractivity contribution is 0.185. The Hall–Kier alpha value is -1.73. The molecular weight excluding hydrogens is 216 g/mol. The molecule has 1 heterocycles. The van der Waals surface area contributed by atoms with Crippen LogP contribution in [0.3, 0.4) is 0 Å². The summed E-state index contributed by atoms with van der Waals surface area (Å²) in [5, 5.41) is 12.4. The van der Waals surface area contributed by atoms with Crippen LogP contribution in [0, 0.1) is 17.2 Å². The van der Waals surface area contributed by atoms with Crippen LogP contribution >= 0.6 is 0 Å². The first-order chi connectivity index (χ1) is 8.33. The third kappa shape index (κ3) is 2.89. The van der Waals surface area contributed by atoms with Gasteiger partial charge in [0.2, 0.25) is 0 Å². The lowest BCUT2D eigenvalue weighted by Gasteiger charge is -2.18. The van der Waals surface area contributed by atoms with Crippen molar-refractivity contribution in [1.82, 2.24) is 0 Å². The summed E-state index contributed by atoms with van der Waals surface area (Å²) in [5.74, 6) is 1.06. The molecule has 1 fully saturated rings. The van der Waals surface area contributed by atoms with Gasteiger partial charge in [0.05, 0.1) is 19.8 Å². The van der Waals surface area contributed by atoms with Crippen molar-refractivity contribution in [3.05, 3.63) is 24.3 Å². The number of methoxy groups -OCH3 is 1. The quantitative estimate of drug-likeness (QED) is 0.863. The second-order valence-corrected chi connectivity index (χ2v) is 4.11. The van der Waals surface area contributed by atoms with Crippen molar-refractivity contribution in [2.24, 2.45) is 5.92 Å². The number of anilines is 1. The Morgan fingerprint density at radius 1 is 1.59 bits per heavy atom. The number of nitrogens with zero attached hydrogens (tertiary/aromatic N) is 1. The van der Waals surface area contributed by atoms with Crippen LogP contribution in [0.4, 0.5) is 5.69 Å². The Kier molecular flexibility index (Phi) is 3.84. The predicted molar refractivity (Wildman–Crippen MR) is 64.9 cm³/mol. The van der Waals surface area contributed by atoms with Gasteiger partial charge in [0, 0.05) is 24.3 Å². The molecule has 1 saturated heterocycles. The average Bonchev–Trinajstić information content (AvgIpc) is 2.90. The molecule has 0 aromatic heterocycles. The molecule has 0 saturated carbocycles. The van der Waals surface area contributed by atoms with Crippen molar-refractivity contribution < 1.29 is 9.47 Å². The Labute approximate surface area is 101 Å². The lowest BCUT2D eigenvalue weighted by atomic mass is 10.00. The van der Waals surface area contributed by atoms with Gasteiger partial charge in [-0.1, -0.05) is 6.07 Å². The molecule has 2 unspecified atom stereocenters. The summed E-state index contributed by atoms with van der Waals surface area (Å²) in [7, 11) is 1.63. The molecule has 17 heavy (non-hydrogen) atoms. The van der Waals surface area contributed by atoms with Crippen molar-refractivity contribution >= 4 is 5.69 Å². The number of benzene rings is 1. The number of nitriles is 1. The highest BCUT2D eigenvalue weighted by Crippen LogP contribution is 2.22. The third-order valence-corrected chi connectivity index (χ3v) is 2.97. The van der Waals surface area contributed by atoms with Gasteiger partial charge in [-0.25, -0.2) is 0 Å².